The number of carboxylic acid groups (broad SMARTS) is 1. The highest BCUT2D eigenvalue weighted by Gasteiger charge is 2.11. The molecule has 0 unspecified atom stereocenters. The van der Waals surface area contributed by atoms with Gasteiger partial charge in [0.2, 0.25) is 0 Å². The van der Waals surface area contributed by atoms with Gasteiger partial charge in [-0.2, -0.15) is 5.10 Å². The van der Waals surface area contributed by atoms with Crippen LogP contribution in [0, 0.1) is 18.6 Å². The molecule has 5 nitrogen and oxygen atoms in total. The Kier molecular flexibility index (Phi) is 4.80. The monoisotopic (exact) mass is 318 g/mol. The predicted molar refractivity (Wildman–Crippen MR) is 79.6 cm³/mol. The number of hydrogen-bond donors (Lipinski definition) is 2. The Balaban J connectivity index is 2.11. The first-order valence-corrected chi connectivity index (χ1v) is 6.51. The summed E-state index contributed by atoms with van der Waals surface area (Å²) in [4.78, 5) is 22.5. The average Bonchev–Trinajstić information content (AvgIpc) is 2.50. The second-order valence-electron chi connectivity index (χ2n) is 4.72. The van der Waals surface area contributed by atoms with Crippen molar-refractivity contribution < 1.29 is 23.5 Å². The molecule has 0 spiro atoms. The smallest absolute Gasteiger partial charge is 0.335 e. The molecule has 0 fully saturated rings. The van der Waals surface area contributed by atoms with E-state index in [1.165, 1.54) is 24.3 Å². The number of nitrogens with zero attached hydrogens (tertiary/aromatic N) is 1. The van der Waals surface area contributed by atoms with Gasteiger partial charge in [0.05, 0.1) is 17.3 Å². The second kappa shape index (κ2) is 6.78. The van der Waals surface area contributed by atoms with Crippen molar-refractivity contribution in [3.05, 3.63) is 70.3 Å². The van der Waals surface area contributed by atoms with Crippen molar-refractivity contribution in [2.75, 3.05) is 0 Å². The molecule has 0 saturated heterocycles. The van der Waals surface area contributed by atoms with Crippen LogP contribution in [0.15, 0.2) is 41.5 Å². The molecule has 0 aliphatic rings. The minimum absolute atomic E-state index is 0.0139. The highest BCUT2D eigenvalue weighted by Crippen LogP contribution is 2.10. The first kappa shape index (κ1) is 16.3. The Morgan fingerprint density at radius 3 is 2.52 bits per heavy atom. The number of nitrogens with one attached hydrogen (secondary N) is 1. The molecule has 0 bridgehead atoms. The maximum absolute atomic E-state index is 13.6. The molecule has 1 amide bonds. The molecule has 0 aliphatic heterocycles. The van der Waals surface area contributed by atoms with Crippen molar-refractivity contribution in [1.82, 2.24) is 5.43 Å². The van der Waals surface area contributed by atoms with Crippen LogP contribution in [0.3, 0.4) is 0 Å². The molecule has 2 N–H and O–H groups in total. The largest absolute Gasteiger partial charge is 0.478 e. The van der Waals surface area contributed by atoms with Gasteiger partial charge >= 0.3 is 5.97 Å². The number of aryl methyl sites for hydroxylation is 1. The zero-order valence-corrected chi connectivity index (χ0v) is 12.0. The maximum atomic E-state index is 13.6. The Bertz CT molecular complexity index is 804. The van der Waals surface area contributed by atoms with Crippen LogP contribution in [-0.2, 0) is 0 Å². The Morgan fingerprint density at radius 1 is 1.13 bits per heavy atom. The molecule has 0 atom stereocenters. The summed E-state index contributed by atoms with van der Waals surface area (Å²) >= 11 is 0. The van der Waals surface area contributed by atoms with Crippen LogP contribution >= 0.6 is 0 Å². The fourth-order valence-corrected chi connectivity index (χ4v) is 1.80. The van der Waals surface area contributed by atoms with E-state index >= 15 is 0 Å². The molecule has 23 heavy (non-hydrogen) atoms. The van der Waals surface area contributed by atoms with Crippen LogP contribution in [0.4, 0.5) is 8.78 Å². The van der Waals surface area contributed by atoms with E-state index in [2.05, 4.69) is 10.5 Å². The lowest BCUT2D eigenvalue weighted by Gasteiger charge is -2.03. The van der Waals surface area contributed by atoms with Gasteiger partial charge in [-0.25, -0.2) is 19.0 Å². The molecule has 0 radical (unpaired) electrons. The third-order valence-corrected chi connectivity index (χ3v) is 2.98. The number of benzene rings is 2. The van der Waals surface area contributed by atoms with Crippen molar-refractivity contribution in [2.24, 2.45) is 5.10 Å². The van der Waals surface area contributed by atoms with E-state index in [-0.39, 0.29) is 16.7 Å². The van der Waals surface area contributed by atoms with E-state index in [0.717, 1.165) is 18.3 Å². The van der Waals surface area contributed by atoms with Gasteiger partial charge in [-0.3, -0.25) is 4.79 Å². The fourth-order valence-electron chi connectivity index (χ4n) is 1.80. The standard InChI is InChI=1S/C16H12F2N2O3/c1-9-2-5-13(17)12(6-9)15(21)20-19-8-11-4-3-10(16(22)23)7-14(11)18/h2-8H,1H3,(H,20,21)(H,22,23)/b19-8+. The summed E-state index contributed by atoms with van der Waals surface area (Å²) in [5, 5.41) is 12.3. The summed E-state index contributed by atoms with van der Waals surface area (Å²) in [6.07, 6.45) is 1.01. The number of carboxylic acids is 1. The molecule has 0 saturated carbocycles. The van der Waals surface area contributed by atoms with Crippen LogP contribution in [-0.4, -0.2) is 23.2 Å². The normalized spacial score (nSPS) is 10.7. The zero-order chi connectivity index (χ0) is 17.0. The topological polar surface area (TPSA) is 78.8 Å². The van der Waals surface area contributed by atoms with Crippen LogP contribution < -0.4 is 5.43 Å². The van der Waals surface area contributed by atoms with E-state index in [0.29, 0.717) is 5.56 Å². The Hall–Kier alpha value is -3.09. The van der Waals surface area contributed by atoms with E-state index in [4.69, 9.17) is 5.11 Å². The number of amides is 1. The summed E-state index contributed by atoms with van der Waals surface area (Å²) < 4.78 is 27.2. The van der Waals surface area contributed by atoms with Crippen LogP contribution in [0.5, 0.6) is 0 Å². The summed E-state index contributed by atoms with van der Waals surface area (Å²) in [6.45, 7) is 1.71. The minimum atomic E-state index is -1.25. The molecular weight excluding hydrogens is 306 g/mol. The Labute approximate surface area is 130 Å². The van der Waals surface area contributed by atoms with Gasteiger partial charge in [-0.05, 0) is 37.3 Å². The lowest BCUT2D eigenvalue weighted by Crippen LogP contribution is -2.19. The third kappa shape index (κ3) is 3.97. The molecule has 0 aromatic heterocycles. The van der Waals surface area contributed by atoms with Gasteiger partial charge in [0.25, 0.3) is 5.91 Å². The highest BCUT2D eigenvalue weighted by atomic mass is 19.1. The lowest BCUT2D eigenvalue weighted by molar-refractivity contribution is 0.0696. The minimum Gasteiger partial charge on any atom is -0.478 e. The maximum Gasteiger partial charge on any atom is 0.335 e. The molecule has 0 aliphatic carbocycles. The van der Waals surface area contributed by atoms with Gasteiger partial charge < -0.3 is 5.11 Å². The number of halogens is 2. The number of carbonyl (C=O) groups is 2. The number of aromatic carboxylic acids is 1. The third-order valence-electron chi connectivity index (χ3n) is 2.98. The summed E-state index contributed by atoms with van der Waals surface area (Å²) in [7, 11) is 0. The van der Waals surface area contributed by atoms with Crippen LogP contribution in [0.2, 0.25) is 0 Å². The highest BCUT2D eigenvalue weighted by molar-refractivity contribution is 5.95. The zero-order valence-electron chi connectivity index (χ0n) is 12.0. The van der Waals surface area contributed by atoms with Gasteiger partial charge in [0.15, 0.2) is 0 Å². The summed E-state index contributed by atoms with van der Waals surface area (Å²) in [5.41, 5.74) is 2.40. The molecule has 2 aromatic rings. The van der Waals surface area contributed by atoms with Crippen molar-refractivity contribution in [3.8, 4) is 0 Å². The molecule has 2 aromatic carbocycles. The van der Waals surface area contributed by atoms with Crippen molar-refractivity contribution in [1.29, 1.82) is 0 Å². The van der Waals surface area contributed by atoms with Gasteiger partial charge in [-0.15, -0.1) is 0 Å². The number of hydrazone groups is 1. The molecule has 7 heteroatoms. The van der Waals surface area contributed by atoms with E-state index in [1.807, 2.05) is 0 Å². The van der Waals surface area contributed by atoms with Gasteiger partial charge in [0.1, 0.15) is 11.6 Å². The summed E-state index contributed by atoms with van der Waals surface area (Å²) in [6, 6.07) is 7.30. The van der Waals surface area contributed by atoms with E-state index in [9.17, 15) is 18.4 Å². The molecule has 118 valence electrons. The first-order chi connectivity index (χ1) is 10.9. The molecule has 2 rings (SSSR count). The summed E-state index contributed by atoms with van der Waals surface area (Å²) in [5.74, 6) is -3.52. The quantitative estimate of drug-likeness (QED) is 0.672. The van der Waals surface area contributed by atoms with Crippen LogP contribution in [0.25, 0.3) is 0 Å². The lowest BCUT2D eigenvalue weighted by atomic mass is 10.1. The SMILES string of the molecule is Cc1ccc(F)c(C(=O)N/N=C/c2ccc(C(=O)O)cc2F)c1. The average molecular weight is 318 g/mol. The van der Waals surface area contributed by atoms with E-state index in [1.54, 1.807) is 6.92 Å². The number of hydrogen-bond acceptors (Lipinski definition) is 3. The second-order valence-corrected chi connectivity index (χ2v) is 4.72. The van der Waals surface area contributed by atoms with Gasteiger partial charge in [-0.1, -0.05) is 11.6 Å². The number of rotatable bonds is 4. The van der Waals surface area contributed by atoms with Crippen LogP contribution in [0.1, 0.15) is 31.8 Å². The van der Waals surface area contributed by atoms with Crippen molar-refractivity contribution in [3.63, 3.8) is 0 Å². The van der Waals surface area contributed by atoms with Crippen molar-refractivity contribution in [2.45, 2.75) is 6.92 Å². The molecule has 0 heterocycles. The van der Waals surface area contributed by atoms with Gasteiger partial charge in [0, 0.05) is 5.56 Å². The van der Waals surface area contributed by atoms with Crippen molar-refractivity contribution >= 4 is 18.1 Å². The predicted octanol–water partition coefficient (Wildman–Crippen LogP) is 2.74. The molecular formula is C16H12F2N2O3. The number of carbonyl (C=O) groups excluding carboxylic acids is 1. The fraction of sp³-hybridized carbons (Fsp3) is 0.0625. The van der Waals surface area contributed by atoms with E-state index < -0.39 is 23.5 Å². The Morgan fingerprint density at radius 2 is 1.87 bits per heavy atom. The first-order valence-electron chi connectivity index (χ1n) is 6.51.